The predicted molar refractivity (Wildman–Crippen MR) is 98.4 cm³/mol. The van der Waals surface area contributed by atoms with Crippen LogP contribution in [0, 0.1) is 11.8 Å². The minimum absolute atomic E-state index is 0. The van der Waals surface area contributed by atoms with Gasteiger partial charge in [-0.1, -0.05) is 19.9 Å². The van der Waals surface area contributed by atoms with Crippen LogP contribution < -0.4 is 10.5 Å². The molecule has 0 aliphatic rings. The summed E-state index contributed by atoms with van der Waals surface area (Å²) < 4.78 is 5.68. The number of rotatable bonds is 9. The van der Waals surface area contributed by atoms with Crippen molar-refractivity contribution in [3.63, 3.8) is 0 Å². The van der Waals surface area contributed by atoms with E-state index in [1.165, 1.54) is 0 Å². The van der Waals surface area contributed by atoms with Gasteiger partial charge in [0.05, 0.1) is 0 Å². The van der Waals surface area contributed by atoms with Crippen molar-refractivity contribution in [3.05, 3.63) is 35.3 Å². The quantitative estimate of drug-likeness (QED) is 0.353. The Kier molecular flexibility index (Phi) is 9.67. The number of aromatic amines is 1. The van der Waals surface area contributed by atoms with Crippen LogP contribution in [0.15, 0.2) is 24.4 Å². The third-order valence-corrected chi connectivity index (χ3v) is 4.17. The van der Waals surface area contributed by atoms with Crippen LogP contribution in [0.3, 0.4) is 0 Å². The van der Waals surface area contributed by atoms with Crippen LogP contribution in [0.25, 0.3) is 16.2 Å². The van der Waals surface area contributed by atoms with Gasteiger partial charge in [-0.05, 0) is 48.9 Å². The first-order valence-electron chi connectivity index (χ1n) is 8.60. The molecule has 0 aliphatic carbocycles. The molecule has 0 saturated heterocycles. The summed E-state index contributed by atoms with van der Waals surface area (Å²) in [5, 5.41) is 5.13. The molecular weight excluding hydrogens is 415 g/mol. The Morgan fingerprint density at radius 3 is 2.76 bits per heavy atom. The predicted octanol–water partition coefficient (Wildman–Crippen LogP) is 3.63. The van der Waals surface area contributed by atoms with Gasteiger partial charge in [-0.3, -0.25) is 4.79 Å². The Morgan fingerprint density at radius 1 is 1.36 bits per heavy atom. The molecule has 1 aromatic carbocycles. The molecule has 1 atom stereocenters. The summed E-state index contributed by atoms with van der Waals surface area (Å²) in [5.74, 6) is 1.08. The smallest absolute Gasteiger partial charge is 0.311 e. The fourth-order valence-electron chi connectivity index (χ4n) is 3.06. The Balaban J connectivity index is 0.00000312. The molecule has 1 heterocycles. The second kappa shape index (κ2) is 10.9. The molecule has 2 aromatic rings. The SMILES string of the molecule is C[N-]CCc1c[nH]c2cccc(OC(=O)C[C@@H](CN)CC(C)C)c12.[Cd]. The van der Waals surface area contributed by atoms with Crippen molar-refractivity contribution < 1.29 is 36.8 Å². The second-order valence-corrected chi connectivity index (χ2v) is 6.69. The van der Waals surface area contributed by atoms with Gasteiger partial charge >= 0.3 is 5.97 Å². The topological polar surface area (TPSA) is 82.2 Å². The van der Waals surface area contributed by atoms with Gasteiger partial charge in [-0.2, -0.15) is 7.05 Å². The number of hydrogen-bond donors (Lipinski definition) is 2. The summed E-state index contributed by atoms with van der Waals surface area (Å²) in [5.41, 5.74) is 7.89. The fourth-order valence-corrected chi connectivity index (χ4v) is 3.06. The molecule has 0 spiro atoms. The number of carbonyl (C=O) groups excluding carboxylic acids is 1. The minimum atomic E-state index is -0.217. The molecule has 0 radical (unpaired) electrons. The summed E-state index contributed by atoms with van der Waals surface area (Å²) in [6, 6.07) is 5.73. The number of nitrogens with one attached hydrogen (secondary N) is 1. The molecule has 0 fully saturated rings. The maximum Gasteiger partial charge on any atom is 0.311 e. The van der Waals surface area contributed by atoms with E-state index in [1.54, 1.807) is 7.05 Å². The number of H-pyrrole nitrogens is 1. The second-order valence-electron chi connectivity index (χ2n) is 6.69. The van der Waals surface area contributed by atoms with Gasteiger partial charge in [0.15, 0.2) is 0 Å². The van der Waals surface area contributed by atoms with Crippen molar-refractivity contribution in [2.45, 2.75) is 33.1 Å². The molecule has 0 aliphatic heterocycles. The van der Waals surface area contributed by atoms with E-state index in [-0.39, 0.29) is 39.2 Å². The summed E-state index contributed by atoms with van der Waals surface area (Å²) >= 11 is 0. The Labute approximate surface area is 170 Å². The van der Waals surface area contributed by atoms with Crippen molar-refractivity contribution in [2.24, 2.45) is 17.6 Å². The van der Waals surface area contributed by atoms with Gasteiger partial charge in [-0.15, -0.1) is 6.54 Å². The van der Waals surface area contributed by atoms with Gasteiger partial charge in [0.2, 0.25) is 0 Å². The monoisotopic (exact) mass is 444 g/mol. The minimum Gasteiger partial charge on any atom is -0.665 e. The van der Waals surface area contributed by atoms with Crippen molar-refractivity contribution in [1.82, 2.24) is 4.98 Å². The van der Waals surface area contributed by atoms with Crippen molar-refractivity contribution >= 4 is 16.9 Å². The average Bonchev–Trinajstić information content (AvgIpc) is 2.96. The molecule has 25 heavy (non-hydrogen) atoms. The first-order chi connectivity index (χ1) is 11.5. The Morgan fingerprint density at radius 2 is 2.12 bits per heavy atom. The van der Waals surface area contributed by atoms with E-state index in [2.05, 4.69) is 24.1 Å². The van der Waals surface area contributed by atoms with E-state index in [9.17, 15) is 4.79 Å². The Bertz CT molecular complexity index is 670. The van der Waals surface area contributed by atoms with Crippen LogP contribution in [-0.4, -0.2) is 31.1 Å². The summed E-state index contributed by atoms with van der Waals surface area (Å²) in [7, 11) is 1.80. The normalized spacial score (nSPS) is 12.2. The van der Waals surface area contributed by atoms with Crippen LogP contribution in [0.1, 0.15) is 32.3 Å². The molecule has 0 bridgehead atoms. The van der Waals surface area contributed by atoms with E-state index in [1.807, 2.05) is 24.4 Å². The van der Waals surface area contributed by atoms with Crippen LogP contribution in [0.5, 0.6) is 5.75 Å². The molecule has 2 rings (SSSR count). The van der Waals surface area contributed by atoms with Crippen molar-refractivity contribution in [3.8, 4) is 5.75 Å². The number of hydrogen-bond acceptors (Lipinski definition) is 3. The molecule has 3 N–H and O–H groups in total. The average molecular weight is 443 g/mol. The van der Waals surface area contributed by atoms with E-state index in [0.717, 1.165) is 35.9 Å². The molecule has 5 nitrogen and oxygen atoms in total. The number of nitrogens with two attached hydrogens (primary N) is 1. The van der Waals surface area contributed by atoms with Gasteiger partial charge < -0.3 is 20.8 Å². The van der Waals surface area contributed by atoms with E-state index < -0.39 is 0 Å². The van der Waals surface area contributed by atoms with Crippen molar-refractivity contribution in [1.29, 1.82) is 0 Å². The van der Waals surface area contributed by atoms with E-state index in [0.29, 0.717) is 24.6 Å². The van der Waals surface area contributed by atoms with Gasteiger partial charge in [0, 0.05) is 50.8 Å². The number of fused-ring (bicyclic) bond motifs is 1. The van der Waals surface area contributed by atoms with Crippen molar-refractivity contribution in [2.75, 3.05) is 20.1 Å². The van der Waals surface area contributed by atoms with Gasteiger partial charge in [0.1, 0.15) is 5.75 Å². The van der Waals surface area contributed by atoms with Gasteiger partial charge in [0.25, 0.3) is 0 Å². The molecule has 0 amide bonds. The number of aromatic nitrogens is 1. The molecule has 0 saturated carbocycles. The largest absolute Gasteiger partial charge is 0.665 e. The maximum atomic E-state index is 12.3. The number of likely N-dealkylation sites (N-methyl/N-ethyl adjacent to an activating group) is 1. The summed E-state index contributed by atoms with van der Waals surface area (Å²) in [4.78, 5) is 15.6. The molecule has 0 unspecified atom stereocenters. The number of carbonyl (C=O) groups is 1. The third kappa shape index (κ3) is 6.38. The van der Waals surface area contributed by atoms with Crippen LogP contribution >= 0.6 is 0 Å². The maximum absolute atomic E-state index is 12.3. The summed E-state index contributed by atoms with van der Waals surface area (Å²) in [6.45, 7) is 5.53. The zero-order valence-corrected chi connectivity index (χ0v) is 19.6. The van der Waals surface area contributed by atoms with Crippen LogP contribution in [0.2, 0.25) is 0 Å². The van der Waals surface area contributed by atoms with E-state index in [4.69, 9.17) is 10.5 Å². The Hall–Kier alpha value is -0.928. The zero-order valence-electron chi connectivity index (χ0n) is 15.5. The summed E-state index contributed by atoms with van der Waals surface area (Å²) in [6.07, 6.45) is 4.08. The standard InChI is InChI=1S/C19H28N3O2.Cd/c1-13(2)9-14(11-20)10-18(23)24-17-6-4-5-16-19(17)15(12-22-16)7-8-21-3;/h4-6,12-14,22H,7-11,20H2,1-3H3;/q-1;/t14-;/m0./s1. The number of esters is 1. The van der Waals surface area contributed by atoms with Crippen LogP contribution in [0.4, 0.5) is 0 Å². The third-order valence-electron chi connectivity index (χ3n) is 4.17. The zero-order chi connectivity index (χ0) is 17.5. The first-order valence-corrected chi connectivity index (χ1v) is 8.60. The molecule has 1 aromatic heterocycles. The number of benzene rings is 1. The van der Waals surface area contributed by atoms with Gasteiger partial charge in [-0.25, -0.2) is 0 Å². The number of ether oxygens (including phenoxy) is 1. The molecular formula is C19H28CdN3O2-. The van der Waals surface area contributed by atoms with E-state index >= 15 is 0 Å². The van der Waals surface area contributed by atoms with Crippen LogP contribution in [-0.2, 0) is 38.5 Å². The number of nitrogens with zero attached hydrogens (tertiary/aromatic N) is 1. The molecule has 134 valence electrons. The first kappa shape index (κ1) is 22.1. The fraction of sp³-hybridized carbons (Fsp3) is 0.526. The molecule has 6 heteroatoms.